The van der Waals surface area contributed by atoms with Crippen LogP contribution in [-0.2, 0) is 4.74 Å². The van der Waals surface area contributed by atoms with Crippen LogP contribution in [0.25, 0.3) is 0 Å². The van der Waals surface area contributed by atoms with Crippen LogP contribution in [0, 0.1) is 0 Å². The molecule has 0 unspecified atom stereocenters. The van der Waals surface area contributed by atoms with E-state index in [1.165, 1.54) is 12.1 Å². The Morgan fingerprint density at radius 3 is 2.77 bits per heavy atom. The second-order valence-corrected chi connectivity index (χ2v) is 2.34. The van der Waals surface area contributed by atoms with Gasteiger partial charge in [-0.2, -0.15) is 0 Å². The van der Waals surface area contributed by atoms with Crippen LogP contribution in [0.5, 0.6) is 5.75 Å². The first-order valence-corrected chi connectivity index (χ1v) is 3.77. The van der Waals surface area contributed by atoms with Crippen molar-refractivity contribution >= 4 is 5.97 Å². The number of para-hydroxylation sites is 1. The van der Waals surface area contributed by atoms with Crippen LogP contribution in [0.15, 0.2) is 24.3 Å². The number of rotatable bonds is 3. The summed E-state index contributed by atoms with van der Waals surface area (Å²) in [5, 5.41) is 9.19. The van der Waals surface area contributed by atoms with Crippen LogP contribution in [0.3, 0.4) is 0 Å². The zero-order valence-corrected chi connectivity index (χ0v) is 6.87. The highest BCUT2D eigenvalue weighted by atomic mass is 19.1. The first kappa shape index (κ1) is 9.51. The van der Waals surface area contributed by atoms with Crippen molar-refractivity contribution in [2.24, 2.45) is 0 Å². The predicted octanol–water partition coefficient (Wildman–Crippen LogP) is 1.52. The topological polar surface area (TPSA) is 46.5 Å². The standard InChI is InChI=1S/C9H9FO3/c10-5-6-13-9(12)7-3-1-2-4-8(7)11/h1-4,11H,5-6H2. The molecule has 0 aliphatic heterocycles. The highest BCUT2D eigenvalue weighted by Gasteiger charge is 2.10. The Balaban J connectivity index is 2.71. The minimum atomic E-state index is -0.723. The lowest BCUT2D eigenvalue weighted by molar-refractivity contribution is 0.0478. The zero-order chi connectivity index (χ0) is 9.68. The molecule has 1 N–H and O–H groups in total. The number of ether oxygens (including phenoxy) is 1. The number of carbonyl (C=O) groups is 1. The Bertz CT molecular complexity index is 299. The van der Waals surface area contributed by atoms with E-state index in [2.05, 4.69) is 4.74 Å². The van der Waals surface area contributed by atoms with Gasteiger partial charge in [-0.1, -0.05) is 12.1 Å². The number of halogens is 1. The number of phenols is 1. The van der Waals surface area contributed by atoms with Crippen LogP contribution in [0.1, 0.15) is 10.4 Å². The van der Waals surface area contributed by atoms with Crippen LogP contribution in [0.2, 0.25) is 0 Å². The van der Waals surface area contributed by atoms with Gasteiger partial charge in [0.2, 0.25) is 0 Å². The van der Waals surface area contributed by atoms with Gasteiger partial charge >= 0.3 is 5.97 Å². The highest BCUT2D eigenvalue weighted by molar-refractivity contribution is 5.92. The van der Waals surface area contributed by atoms with Gasteiger partial charge in [-0.05, 0) is 12.1 Å². The Morgan fingerprint density at radius 2 is 2.15 bits per heavy atom. The van der Waals surface area contributed by atoms with Gasteiger partial charge in [-0.25, -0.2) is 9.18 Å². The van der Waals surface area contributed by atoms with Crippen LogP contribution >= 0.6 is 0 Å². The maximum absolute atomic E-state index is 11.6. The lowest BCUT2D eigenvalue weighted by Gasteiger charge is -2.03. The van der Waals surface area contributed by atoms with E-state index in [4.69, 9.17) is 0 Å². The van der Waals surface area contributed by atoms with E-state index in [1.54, 1.807) is 12.1 Å². The number of hydrogen-bond donors (Lipinski definition) is 1. The molecule has 1 aromatic carbocycles. The molecule has 0 atom stereocenters. The summed E-state index contributed by atoms with van der Waals surface area (Å²) in [7, 11) is 0. The molecule has 0 saturated carbocycles. The fourth-order valence-corrected chi connectivity index (χ4v) is 0.855. The van der Waals surface area contributed by atoms with E-state index in [9.17, 15) is 14.3 Å². The van der Waals surface area contributed by atoms with Crippen LogP contribution in [-0.4, -0.2) is 24.4 Å². The lowest BCUT2D eigenvalue weighted by Crippen LogP contribution is -2.07. The normalized spacial score (nSPS) is 9.62. The van der Waals surface area contributed by atoms with E-state index in [0.29, 0.717) is 0 Å². The minimum Gasteiger partial charge on any atom is -0.507 e. The fourth-order valence-electron chi connectivity index (χ4n) is 0.855. The minimum absolute atomic E-state index is 0.0518. The fraction of sp³-hybridized carbons (Fsp3) is 0.222. The van der Waals surface area contributed by atoms with Crippen molar-refractivity contribution in [1.29, 1.82) is 0 Å². The van der Waals surface area contributed by atoms with E-state index in [1.807, 2.05) is 0 Å². The maximum atomic E-state index is 11.6. The molecule has 1 aromatic rings. The Morgan fingerprint density at radius 1 is 1.46 bits per heavy atom. The molecule has 0 aliphatic rings. The Kier molecular flexibility index (Phi) is 3.25. The molecular weight excluding hydrogens is 175 g/mol. The second-order valence-electron chi connectivity index (χ2n) is 2.34. The summed E-state index contributed by atoms with van der Waals surface area (Å²) in [6.07, 6.45) is 0. The van der Waals surface area contributed by atoms with E-state index < -0.39 is 12.6 Å². The van der Waals surface area contributed by atoms with Gasteiger partial charge in [-0.3, -0.25) is 0 Å². The largest absolute Gasteiger partial charge is 0.507 e. The SMILES string of the molecule is O=C(OCCF)c1ccccc1O. The molecule has 13 heavy (non-hydrogen) atoms. The zero-order valence-electron chi connectivity index (χ0n) is 6.87. The lowest BCUT2D eigenvalue weighted by atomic mass is 10.2. The molecule has 0 radical (unpaired) electrons. The summed E-state index contributed by atoms with van der Waals surface area (Å²) in [4.78, 5) is 11.1. The molecule has 0 aliphatic carbocycles. The third kappa shape index (κ3) is 2.43. The van der Waals surface area contributed by atoms with Crippen molar-refractivity contribution in [1.82, 2.24) is 0 Å². The van der Waals surface area contributed by atoms with E-state index in [-0.39, 0.29) is 17.9 Å². The van der Waals surface area contributed by atoms with Gasteiger partial charge in [0.15, 0.2) is 0 Å². The summed E-state index contributed by atoms with van der Waals surface area (Å²) < 4.78 is 16.1. The van der Waals surface area contributed by atoms with Crippen molar-refractivity contribution in [2.45, 2.75) is 0 Å². The summed E-state index contributed by atoms with van der Waals surface area (Å²) in [6, 6.07) is 5.95. The van der Waals surface area contributed by atoms with Crippen molar-refractivity contribution < 1.29 is 19.0 Å². The molecule has 1 rings (SSSR count). The third-order valence-electron chi connectivity index (χ3n) is 1.43. The first-order valence-electron chi connectivity index (χ1n) is 3.77. The average Bonchev–Trinajstić information content (AvgIpc) is 2.15. The summed E-state index contributed by atoms with van der Waals surface area (Å²) in [5.74, 6) is -0.873. The Hall–Kier alpha value is -1.58. The molecular formula is C9H9FO3. The molecule has 0 fully saturated rings. The maximum Gasteiger partial charge on any atom is 0.342 e. The van der Waals surface area contributed by atoms with Gasteiger partial charge in [-0.15, -0.1) is 0 Å². The van der Waals surface area contributed by atoms with Gasteiger partial charge < -0.3 is 9.84 Å². The number of benzene rings is 1. The summed E-state index contributed by atoms with van der Waals surface area (Å²) in [5.41, 5.74) is 0.0518. The van der Waals surface area contributed by atoms with Crippen LogP contribution in [0.4, 0.5) is 4.39 Å². The van der Waals surface area contributed by atoms with Crippen molar-refractivity contribution in [3.63, 3.8) is 0 Å². The van der Waals surface area contributed by atoms with Crippen molar-refractivity contribution in [2.75, 3.05) is 13.3 Å². The predicted molar refractivity (Wildman–Crippen MR) is 44.4 cm³/mol. The number of alkyl halides is 1. The van der Waals surface area contributed by atoms with E-state index >= 15 is 0 Å². The molecule has 70 valence electrons. The van der Waals surface area contributed by atoms with Gasteiger partial charge in [0.1, 0.15) is 24.6 Å². The number of esters is 1. The molecule has 3 nitrogen and oxygen atoms in total. The summed E-state index contributed by atoms with van der Waals surface area (Å²) in [6.45, 7) is -1.01. The monoisotopic (exact) mass is 184 g/mol. The molecule has 0 heterocycles. The molecule has 0 aromatic heterocycles. The molecule has 0 saturated heterocycles. The molecule has 0 amide bonds. The van der Waals surface area contributed by atoms with Gasteiger partial charge in [0.05, 0.1) is 0 Å². The molecule has 0 bridgehead atoms. The van der Waals surface area contributed by atoms with Gasteiger partial charge in [0, 0.05) is 0 Å². The molecule has 4 heteroatoms. The number of hydrogen-bond acceptors (Lipinski definition) is 3. The average molecular weight is 184 g/mol. The Labute approximate surface area is 74.8 Å². The van der Waals surface area contributed by atoms with Crippen molar-refractivity contribution in [3.8, 4) is 5.75 Å². The number of phenolic OH excluding ortho intramolecular Hbond substituents is 1. The quantitative estimate of drug-likeness (QED) is 0.724. The third-order valence-corrected chi connectivity index (χ3v) is 1.43. The smallest absolute Gasteiger partial charge is 0.342 e. The van der Waals surface area contributed by atoms with Crippen molar-refractivity contribution in [3.05, 3.63) is 29.8 Å². The highest BCUT2D eigenvalue weighted by Crippen LogP contribution is 2.16. The number of aromatic hydroxyl groups is 1. The summed E-state index contributed by atoms with van der Waals surface area (Å²) >= 11 is 0. The van der Waals surface area contributed by atoms with E-state index in [0.717, 1.165) is 0 Å². The second kappa shape index (κ2) is 4.45. The van der Waals surface area contributed by atoms with Crippen LogP contribution < -0.4 is 0 Å². The first-order chi connectivity index (χ1) is 6.25. The van der Waals surface area contributed by atoms with Gasteiger partial charge in [0.25, 0.3) is 0 Å². The molecule has 0 spiro atoms. The number of carbonyl (C=O) groups excluding carboxylic acids is 1.